The van der Waals surface area contributed by atoms with E-state index >= 15 is 0 Å². The van der Waals surface area contributed by atoms with E-state index in [0.717, 1.165) is 5.56 Å². The Morgan fingerprint density at radius 3 is 2.35 bits per heavy atom. The Bertz CT molecular complexity index is 399. The van der Waals surface area contributed by atoms with E-state index in [4.69, 9.17) is 14.2 Å². The lowest BCUT2D eigenvalue weighted by molar-refractivity contribution is 0.280. The third-order valence-electron chi connectivity index (χ3n) is 2.31. The topological polar surface area (TPSA) is 47.9 Å². The van der Waals surface area contributed by atoms with Crippen molar-refractivity contribution in [3.63, 3.8) is 0 Å². The lowest BCUT2D eigenvalue weighted by Gasteiger charge is -2.17. The Morgan fingerprint density at radius 1 is 1.24 bits per heavy atom. The maximum absolute atomic E-state index is 9.89. The third kappa shape index (κ3) is 2.64. The molecule has 0 aromatic heterocycles. The zero-order chi connectivity index (χ0) is 12.8. The van der Waals surface area contributed by atoms with Crippen LogP contribution in [0.3, 0.4) is 0 Å². The van der Waals surface area contributed by atoms with E-state index in [-0.39, 0.29) is 5.75 Å². The van der Waals surface area contributed by atoms with Gasteiger partial charge in [-0.15, -0.1) is 6.58 Å². The predicted octanol–water partition coefficient (Wildman–Crippen LogP) is 2.54. The summed E-state index contributed by atoms with van der Waals surface area (Å²) in [6, 6.07) is 1.61. The molecule has 0 bridgehead atoms. The fraction of sp³-hybridized carbons (Fsp3) is 0.385. The monoisotopic (exact) mass is 238 g/mol. The first kappa shape index (κ1) is 13.2. The Labute approximate surface area is 101 Å². The fourth-order valence-electron chi connectivity index (χ4n) is 1.66. The van der Waals surface area contributed by atoms with Crippen molar-refractivity contribution >= 4 is 0 Å². The zero-order valence-corrected chi connectivity index (χ0v) is 10.4. The highest BCUT2D eigenvalue weighted by Gasteiger charge is 2.20. The van der Waals surface area contributed by atoms with E-state index < -0.39 is 0 Å². The highest BCUT2D eigenvalue weighted by atomic mass is 16.5. The molecule has 0 saturated heterocycles. The molecule has 0 radical (unpaired) electrons. The largest absolute Gasteiger partial charge is 0.504 e. The molecule has 1 aromatic rings. The van der Waals surface area contributed by atoms with Crippen molar-refractivity contribution in [2.24, 2.45) is 0 Å². The van der Waals surface area contributed by atoms with Gasteiger partial charge in [0.2, 0.25) is 11.5 Å². The molecular weight excluding hydrogens is 220 g/mol. The van der Waals surface area contributed by atoms with Gasteiger partial charge in [0.05, 0.1) is 20.8 Å². The van der Waals surface area contributed by atoms with Gasteiger partial charge in [-0.1, -0.05) is 6.08 Å². The van der Waals surface area contributed by atoms with Gasteiger partial charge < -0.3 is 19.3 Å². The van der Waals surface area contributed by atoms with E-state index in [0.29, 0.717) is 30.3 Å². The lowest BCUT2D eigenvalue weighted by atomic mass is 10.1. The van der Waals surface area contributed by atoms with Crippen LogP contribution in [0.1, 0.15) is 12.5 Å². The smallest absolute Gasteiger partial charge is 0.207 e. The normalized spacial score (nSPS) is 9.82. The summed E-state index contributed by atoms with van der Waals surface area (Å²) in [5.41, 5.74) is 0.806. The van der Waals surface area contributed by atoms with Gasteiger partial charge in [-0.2, -0.15) is 0 Å². The molecule has 0 aliphatic rings. The number of rotatable bonds is 6. The van der Waals surface area contributed by atoms with Gasteiger partial charge in [0.1, 0.15) is 0 Å². The van der Waals surface area contributed by atoms with Crippen LogP contribution < -0.4 is 14.2 Å². The second kappa shape index (κ2) is 6.03. The summed E-state index contributed by atoms with van der Waals surface area (Å²) in [7, 11) is 3.06. The van der Waals surface area contributed by atoms with Crippen LogP contribution >= 0.6 is 0 Å². The minimum Gasteiger partial charge on any atom is -0.504 e. The molecule has 94 valence electrons. The second-order valence-corrected chi connectivity index (χ2v) is 3.38. The Hall–Kier alpha value is -1.84. The highest BCUT2D eigenvalue weighted by molar-refractivity contribution is 5.62. The van der Waals surface area contributed by atoms with Crippen molar-refractivity contribution in [2.45, 2.75) is 13.3 Å². The van der Waals surface area contributed by atoms with Crippen molar-refractivity contribution in [1.29, 1.82) is 0 Å². The summed E-state index contributed by atoms with van der Waals surface area (Å²) in [5.74, 6) is 1.32. The highest BCUT2D eigenvalue weighted by Crippen LogP contribution is 2.46. The molecule has 4 nitrogen and oxygen atoms in total. The minimum absolute atomic E-state index is 0.0429. The standard InChI is InChI=1S/C13H18O4/c1-5-7-9-8-10(14)12(17-6-2)13(16-4)11(9)15-3/h5,8,14H,1,6-7H2,2-4H3. The summed E-state index contributed by atoms with van der Waals surface area (Å²) in [5, 5.41) is 9.89. The van der Waals surface area contributed by atoms with Crippen molar-refractivity contribution in [2.75, 3.05) is 20.8 Å². The number of aromatic hydroxyl groups is 1. The molecule has 0 aliphatic heterocycles. The molecule has 4 heteroatoms. The molecule has 1 rings (SSSR count). The molecule has 0 aliphatic carbocycles. The molecule has 0 heterocycles. The van der Waals surface area contributed by atoms with Gasteiger partial charge >= 0.3 is 0 Å². The van der Waals surface area contributed by atoms with E-state index in [1.807, 2.05) is 6.92 Å². The van der Waals surface area contributed by atoms with Crippen LogP contribution in [0.5, 0.6) is 23.0 Å². The van der Waals surface area contributed by atoms with E-state index in [2.05, 4.69) is 6.58 Å². The van der Waals surface area contributed by atoms with Gasteiger partial charge in [0, 0.05) is 5.56 Å². The Balaban J connectivity index is 3.38. The number of hydrogen-bond donors (Lipinski definition) is 1. The molecule has 0 atom stereocenters. The third-order valence-corrected chi connectivity index (χ3v) is 2.31. The molecule has 1 aromatic carbocycles. The molecule has 0 amide bonds. The van der Waals surface area contributed by atoms with Crippen LogP contribution in [0.15, 0.2) is 18.7 Å². The molecule has 0 saturated carbocycles. The summed E-state index contributed by atoms with van der Waals surface area (Å²) in [6.45, 7) is 5.94. The first-order valence-corrected chi connectivity index (χ1v) is 5.40. The number of methoxy groups -OCH3 is 2. The summed E-state index contributed by atoms with van der Waals surface area (Å²) in [4.78, 5) is 0. The number of allylic oxidation sites excluding steroid dienone is 1. The molecule has 17 heavy (non-hydrogen) atoms. The van der Waals surface area contributed by atoms with Gasteiger partial charge in [0.15, 0.2) is 11.5 Å². The second-order valence-electron chi connectivity index (χ2n) is 3.38. The Morgan fingerprint density at radius 2 is 1.88 bits per heavy atom. The molecular formula is C13H18O4. The van der Waals surface area contributed by atoms with Crippen molar-refractivity contribution in [3.8, 4) is 23.0 Å². The number of hydrogen-bond acceptors (Lipinski definition) is 4. The Kier molecular flexibility index (Phi) is 4.69. The van der Waals surface area contributed by atoms with E-state index in [1.54, 1.807) is 19.3 Å². The predicted molar refractivity (Wildman–Crippen MR) is 66.3 cm³/mol. The van der Waals surface area contributed by atoms with Crippen molar-refractivity contribution in [3.05, 3.63) is 24.3 Å². The van der Waals surface area contributed by atoms with Gasteiger partial charge in [-0.05, 0) is 19.4 Å². The molecule has 0 unspecified atom stereocenters. The van der Waals surface area contributed by atoms with Gasteiger partial charge in [-0.25, -0.2) is 0 Å². The SMILES string of the molecule is C=CCc1cc(O)c(OCC)c(OC)c1OC. The molecule has 0 spiro atoms. The van der Waals surface area contributed by atoms with Crippen LogP contribution in [0.4, 0.5) is 0 Å². The van der Waals surface area contributed by atoms with Crippen LogP contribution in [0.2, 0.25) is 0 Å². The average molecular weight is 238 g/mol. The van der Waals surface area contributed by atoms with Gasteiger partial charge in [0.25, 0.3) is 0 Å². The number of phenols is 1. The molecule has 1 N–H and O–H groups in total. The van der Waals surface area contributed by atoms with Crippen molar-refractivity contribution in [1.82, 2.24) is 0 Å². The number of benzene rings is 1. The number of phenolic OH excluding ortho intramolecular Hbond substituents is 1. The van der Waals surface area contributed by atoms with Crippen LogP contribution in [0, 0.1) is 0 Å². The molecule has 0 fully saturated rings. The zero-order valence-electron chi connectivity index (χ0n) is 10.4. The van der Waals surface area contributed by atoms with Gasteiger partial charge in [-0.3, -0.25) is 0 Å². The summed E-state index contributed by atoms with van der Waals surface area (Å²) < 4.78 is 15.9. The minimum atomic E-state index is 0.0429. The maximum atomic E-state index is 9.89. The summed E-state index contributed by atoms with van der Waals surface area (Å²) in [6.07, 6.45) is 2.32. The number of ether oxygens (including phenoxy) is 3. The van der Waals surface area contributed by atoms with Crippen molar-refractivity contribution < 1.29 is 19.3 Å². The quantitative estimate of drug-likeness (QED) is 0.774. The summed E-state index contributed by atoms with van der Waals surface area (Å²) >= 11 is 0. The lowest BCUT2D eigenvalue weighted by Crippen LogP contribution is -2.01. The fourth-order valence-corrected chi connectivity index (χ4v) is 1.66. The maximum Gasteiger partial charge on any atom is 0.207 e. The van der Waals surface area contributed by atoms with E-state index in [9.17, 15) is 5.11 Å². The first-order chi connectivity index (χ1) is 8.19. The van der Waals surface area contributed by atoms with Crippen LogP contribution in [-0.4, -0.2) is 25.9 Å². The average Bonchev–Trinajstić information content (AvgIpc) is 2.32. The van der Waals surface area contributed by atoms with Crippen LogP contribution in [0.25, 0.3) is 0 Å². The van der Waals surface area contributed by atoms with Crippen LogP contribution in [-0.2, 0) is 6.42 Å². The van der Waals surface area contributed by atoms with E-state index in [1.165, 1.54) is 7.11 Å². The first-order valence-electron chi connectivity index (χ1n) is 5.40.